The average molecular weight is 325 g/mol. The maximum atomic E-state index is 13.0. The van der Waals surface area contributed by atoms with E-state index in [1.807, 2.05) is 0 Å². The van der Waals surface area contributed by atoms with E-state index in [2.05, 4.69) is 5.32 Å². The largest absolute Gasteiger partial charge is 0.396 e. The lowest BCUT2D eigenvalue weighted by Crippen LogP contribution is -2.08. The topological polar surface area (TPSA) is 55.1 Å². The van der Waals surface area contributed by atoms with E-state index in [-0.39, 0.29) is 21.5 Å². The van der Waals surface area contributed by atoms with E-state index in [0.29, 0.717) is 11.3 Å². The molecule has 0 aliphatic rings. The molecule has 21 heavy (non-hydrogen) atoms. The fourth-order valence-corrected chi connectivity index (χ4v) is 2.11. The van der Waals surface area contributed by atoms with Gasteiger partial charge in [-0.15, -0.1) is 0 Å². The monoisotopic (exact) mass is 324 g/mol. The molecule has 6 heteroatoms. The fraction of sp³-hybridized carbons (Fsp3) is 0. The van der Waals surface area contributed by atoms with E-state index in [1.54, 1.807) is 12.1 Å². The number of nitrogen functional groups attached to an aromatic ring is 1. The summed E-state index contributed by atoms with van der Waals surface area (Å²) < 4.78 is 13.0. The van der Waals surface area contributed by atoms with E-state index in [0.717, 1.165) is 0 Å². The molecular formula is C15H11Cl2FN2O. The Kier molecular flexibility index (Phi) is 4.83. The standard InChI is InChI=1S/C15H11Cl2FN2O/c16-12-7-11(8-13(17)15(12)19)20-14(21)5-4-9-2-1-3-10(18)6-9/h1-8H,19H2,(H,20,21)/b5-4+. The van der Waals surface area contributed by atoms with Crippen LogP contribution in [-0.2, 0) is 4.79 Å². The predicted molar refractivity (Wildman–Crippen MR) is 84.9 cm³/mol. The Labute approximate surface area is 131 Å². The molecule has 0 radical (unpaired) electrons. The first-order valence-electron chi connectivity index (χ1n) is 5.95. The highest BCUT2D eigenvalue weighted by atomic mass is 35.5. The van der Waals surface area contributed by atoms with Crippen molar-refractivity contribution in [2.24, 2.45) is 0 Å². The van der Waals surface area contributed by atoms with Crippen LogP contribution < -0.4 is 11.1 Å². The number of carbonyl (C=O) groups excluding carboxylic acids is 1. The van der Waals surface area contributed by atoms with Crippen molar-refractivity contribution in [2.45, 2.75) is 0 Å². The van der Waals surface area contributed by atoms with Crippen LogP contribution in [0, 0.1) is 5.82 Å². The Morgan fingerprint density at radius 2 is 1.86 bits per heavy atom. The van der Waals surface area contributed by atoms with Crippen molar-refractivity contribution >= 4 is 46.6 Å². The lowest BCUT2D eigenvalue weighted by Gasteiger charge is -2.06. The highest BCUT2D eigenvalue weighted by Gasteiger charge is 2.06. The SMILES string of the molecule is Nc1c(Cl)cc(NC(=O)/C=C/c2cccc(F)c2)cc1Cl. The van der Waals surface area contributed by atoms with Crippen molar-refractivity contribution in [2.75, 3.05) is 11.1 Å². The molecule has 2 aromatic rings. The molecule has 0 heterocycles. The molecule has 0 unspecified atom stereocenters. The molecule has 108 valence electrons. The Morgan fingerprint density at radius 1 is 1.19 bits per heavy atom. The van der Waals surface area contributed by atoms with E-state index in [1.165, 1.54) is 36.4 Å². The van der Waals surface area contributed by atoms with Gasteiger partial charge in [0.2, 0.25) is 5.91 Å². The first-order chi connectivity index (χ1) is 9.95. The average Bonchev–Trinajstić information content (AvgIpc) is 2.42. The van der Waals surface area contributed by atoms with Gasteiger partial charge >= 0.3 is 0 Å². The number of carbonyl (C=O) groups is 1. The van der Waals surface area contributed by atoms with Gasteiger partial charge in [0.1, 0.15) is 5.82 Å². The first kappa shape index (κ1) is 15.4. The molecule has 0 fully saturated rings. The summed E-state index contributed by atoms with van der Waals surface area (Å²) in [6.07, 6.45) is 2.78. The molecular weight excluding hydrogens is 314 g/mol. The second kappa shape index (κ2) is 6.61. The highest BCUT2D eigenvalue weighted by Crippen LogP contribution is 2.31. The maximum Gasteiger partial charge on any atom is 0.248 e. The zero-order valence-corrected chi connectivity index (χ0v) is 12.3. The lowest BCUT2D eigenvalue weighted by atomic mass is 10.2. The molecule has 0 saturated heterocycles. The zero-order chi connectivity index (χ0) is 15.4. The van der Waals surface area contributed by atoms with E-state index < -0.39 is 5.91 Å². The molecule has 2 aromatic carbocycles. The third kappa shape index (κ3) is 4.21. The lowest BCUT2D eigenvalue weighted by molar-refractivity contribution is -0.111. The number of nitrogens with one attached hydrogen (secondary N) is 1. The van der Waals surface area contributed by atoms with Gasteiger partial charge in [0.25, 0.3) is 0 Å². The highest BCUT2D eigenvalue weighted by molar-refractivity contribution is 6.39. The molecule has 0 atom stereocenters. The van der Waals surface area contributed by atoms with Crippen molar-refractivity contribution in [1.82, 2.24) is 0 Å². The van der Waals surface area contributed by atoms with Crippen LogP contribution in [0.25, 0.3) is 6.08 Å². The summed E-state index contributed by atoms with van der Waals surface area (Å²) in [5.74, 6) is -0.758. The van der Waals surface area contributed by atoms with Crippen LogP contribution in [-0.4, -0.2) is 5.91 Å². The molecule has 2 rings (SSSR count). The molecule has 3 N–H and O–H groups in total. The fourth-order valence-electron chi connectivity index (χ4n) is 1.62. The van der Waals surface area contributed by atoms with Gasteiger partial charge in [0, 0.05) is 11.8 Å². The Hall–Kier alpha value is -2.04. The van der Waals surface area contributed by atoms with Gasteiger partial charge in [-0.3, -0.25) is 4.79 Å². The smallest absolute Gasteiger partial charge is 0.248 e. The van der Waals surface area contributed by atoms with Gasteiger partial charge < -0.3 is 11.1 Å². The van der Waals surface area contributed by atoms with Crippen molar-refractivity contribution in [3.63, 3.8) is 0 Å². The van der Waals surface area contributed by atoms with Crippen LogP contribution in [0.4, 0.5) is 15.8 Å². The van der Waals surface area contributed by atoms with Gasteiger partial charge in [-0.25, -0.2) is 4.39 Å². The minimum Gasteiger partial charge on any atom is -0.396 e. The van der Waals surface area contributed by atoms with Crippen molar-refractivity contribution in [3.05, 3.63) is 63.9 Å². The summed E-state index contributed by atoms with van der Waals surface area (Å²) in [5.41, 5.74) is 6.87. The van der Waals surface area contributed by atoms with Gasteiger partial charge in [0.05, 0.1) is 15.7 Å². The second-order valence-corrected chi connectivity index (χ2v) is 5.05. The molecule has 1 amide bonds. The van der Waals surface area contributed by atoms with Crippen LogP contribution in [0.1, 0.15) is 5.56 Å². The van der Waals surface area contributed by atoms with Crippen molar-refractivity contribution in [1.29, 1.82) is 0 Å². The Balaban J connectivity index is 2.08. The maximum absolute atomic E-state index is 13.0. The Bertz CT molecular complexity index is 694. The Morgan fingerprint density at radius 3 is 2.48 bits per heavy atom. The summed E-state index contributed by atoms with van der Waals surface area (Å²) in [7, 11) is 0. The molecule has 3 nitrogen and oxygen atoms in total. The van der Waals surface area contributed by atoms with E-state index in [9.17, 15) is 9.18 Å². The number of nitrogens with two attached hydrogens (primary N) is 1. The third-order valence-corrected chi connectivity index (χ3v) is 3.25. The van der Waals surface area contributed by atoms with Gasteiger partial charge in [-0.1, -0.05) is 35.3 Å². The van der Waals surface area contributed by atoms with Crippen molar-refractivity contribution < 1.29 is 9.18 Å². The van der Waals surface area contributed by atoms with Crippen molar-refractivity contribution in [3.8, 4) is 0 Å². The van der Waals surface area contributed by atoms with Gasteiger partial charge in [-0.05, 0) is 35.9 Å². The minimum absolute atomic E-state index is 0.256. The van der Waals surface area contributed by atoms with Crippen LogP contribution in [0.5, 0.6) is 0 Å². The molecule has 0 saturated carbocycles. The van der Waals surface area contributed by atoms with Crippen LogP contribution in [0.2, 0.25) is 10.0 Å². The van der Waals surface area contributed by atoms with Gasteiger partial charge in [-0.2, -0.15) is 0 Å². The van der Waals surface area contributed by atoms with Crippen LogP contribution in [0.3, 0.4) is 0 Å². The zero-order valence-electron chi connectivity index (χ0n) is 10.7. The van der Waals surface area contributed by atoms with Crippen LogP contribution >= 0.6 is 23.2 Å². The van der Waals surface area contributed by atoms with Gasteiger partial charge in [0.15, 0.2) is 0 Å². The minimum atomic E-state index is -0.392. The number of hydrogen-bond donors (Lipinski definition) is 2. The summed E-state index contributed by atoms with van der Waals surface area (Å²) >= 11 is 11.7. The number of rotatable bonds is 3. The summed E-state index contributed by atoms with van der Waals surface area (Å²) in [5, 5.41) is 3.10. The number of halogens is 3. The summed E-state index contributed by atoms with van der Waals surface area (Å²) in [6.45, 7) is 0. The second-order valence-electron chi connectivity index (χ2n) is 4.23. The number of benzene rings is 2. The normalized spacial score (nSPS) is 10.8. The number of anilines is 2. The molecule has 0 aliphatic heterocycles. The summed E-state index contributed by atoms with van der Waals surface area (Å²) in [6, 6.07) is 8.89. The van der Waals surface area contributed by atoms with E-state index >= 15 is 0 Å². The quantitative estimate of drug-likeness (QED) is 0.650. The molecule has 0 aliphatic carbocycles. The predicted octanol–water partition coefficient (Wildman–Crippen LogP) is 4.37. The number of amides is 1. The molecule has 0 spiro atoms. The first-order valence-corrected chi connectivity index (χ1v) is 6.70. The van der Waals surface area contributed by atoms with Crippen LogP contribution in [0.15, 0.2) is 42.5 Å². The molecule has 0 aromatic heterocycles. The third-order valence-electron chi connectivity index (χ3n) is 2.62. The summed E-state index contributed by atoms with van der Waals surface area (Å²) in [4.78, 5) is 11.8. The number of hydrogen-bond acceptors (Lipinski definition) is 2. The molecule has 0 bridgehead atoms. The van der Waals surface area contributed by atoms with E-state index in [4.69, 9.17) is 28.9 Å².